The maximum atomic E-state index is 13.2. The van der Waals surface area contributed by atoms with E-state index < -0.39 is 5.82 Å². The maximum Gasteiger partial charge on any atom is 0.255 e. The number of halogens is 2. The van der Waals surface area contributed by atoms with Crippen molar-refractivity contribution in [1.29, 1.82) is 0 Å². The number of aromatic nitrogens is 2. The molecule has 3 aromatic rings. The molecule has 0 aliphatic heterocycles. The summed E-state index contributed by atoms with van der Waals surface area (Å²) in [6.07, 6.45) is 5.66. The Labute approximate surface area is 143 Å². The zero-order valence-electron chi connectivity index (χ0n) is 12.8. The standard InChI is InChI=1S/C18H15ClFN3O/c19-16-9-12(20)4-7-15(16)18(24)23(13-5-6-13)11-14-10-21-17-3-1-2-8-22(14)17/h1-4,7-10,13H,5-6,11H2. The van der Waals surface area contributed by atoms with Gasteiger partial charge in [0.1, 0.15) is 11.5 Å². The summed E-state index contributed by atoms with van der Waals surface area (Å²) >= 11 is 6.07. The molecular weight excluding hydrogens is 329 g/mol. The molecule has 2 aromatic heterocycles. The first kappa shape index (κ1) is 15.1. The van der Waals surface area contributed by atoms with Crippen molar-refractivity contribution < 1.29 is 9.18 Å². The minimum Gasteiger partial charge on any atom is -0.330 e. The molecule has 24 heavy (non-hydrogen) atoms. The molecule has 0 saturated heterocycles. The molecule has 4 rings (SSSR count). The summed E-state index contributed by atoms with van der Waals surface area (Å²) in [4.78, 5) is 19.1. The smallest absolute Gasteiger partial charge is 0.255 e. The van der Waals surface area contributed by atoms with Crippen LogP contribution in [0.5, 0.6) is 0 Å². The fraction of sp³-hybridized carbons (Fsp3) is 0.222. The highest BCUT2D eigenvalue weighted by Gasteiger charge is 2.34. The number of carbonyl (C=O) groups is 1. The van der Waals surface area contributed by atoms with Gasteiger partial charge in [0.05, 0.1) is 29.0 Å². The molecule has 0 atom stereocenters. The van der Waals surface area contributed by atoms with Gasteiger partial charge in [-0.15, -0.1) is 0 Å². The summed E-state index contributed by atoms with van der Waals surface area (Å²) in [5.74, 6) is -0.621. The molecule has 2 heterocycles. The van der Waals surface area contributed by atoms with E-state index in [0.29, 0.717) is 12.1 Å². The van der Waals surface area contributed by atoms with E-state index in [4.69, 9.17) is 11.6 Å². The number of hydrogen-bond acceptors (Lipinski definition) is 2. The van der Waals surface area contributed by atoms with Crippen molar-refractivity contribution in [3.63, 3.8) is 0 Å². The average molecular weight is 344 g/mol. The van der Waals surface area contributed by atoms with E-state index >= 15 is 0 Å². The average Bonchev–Trinajstić information content (AvgIpc) is 3.33. The van der Waals surface area contributed by atoms with Crippen LogP contribution in [0.4, 0.5) is 4.39 Å². The topological polar surface area (TPSA) is 37.6 Å². The van der Waals surface area contributed by atoms with E-state index in [9.17, 15) is 9.18 Å². The molecule has 4 nitrogen and oxygen atoms in total. The zero-order chi connectivity index (χ0) is 16.7. The molecule has 6 heteroatoms. The van der Waals surface area contributed by atoms with Gasteiger partial charge in [0, 0.05) is 12.2 Å². The van der Waals surface area contributed by atoms with Gasteiger partial charge in [-0.3, -0.25) is 4.79 Å². The van der Waals surface area contributed by atoms with E-state index in [1.807, 2.05) is 28.8 Å². The van der Waals surface area contributed by atoms with Crippen LogP contribution in [0.15, 0.2) is 48.8 Å². The highest BCUT2D eigenvalue weighted by atomic mass is 35.5. The SMILES string of the molecule is O=C(c1ccc(F)cc1Cl)N(Cc1cnc2ccccn12)C1CC1. The van der Waals surface area contributed by atoms with Crippen molar-refractivity contribution in [3.8, 4) is 0 Å². The van der Waals surface area contributed by atoms with Crippen molar-refractivity contribution in [2.45, 2.75) is 25.4 Å². The van der Waals surface area contributed by atoms with E-state index in [2.05, 4.69) is 4.98 Å². The Kier molecular flexibility index (Phi) is 3.73. The molecular formula is C18H15ClFN3O. The van der Waals surface area contributed by atoms with Crippen molar-refractivity contribution in [1.82, 2.24) is 14.3 Å². The first-order chi connectivity index (χ1) is 11.6. The second kappa shape index (κ2) is 5.91. The Hall–Kier alpha value is -2.40. The Morgan fingerprint density at radius 1 is 1.33 bits per heavy atom. The summed E-state index contributed by atoms with van der Waals surface area (Å²) in [5.41, 5.74) is 2.11. The Morgan fingerprint density at radius 3 is 2.92 bits per heavy atom. The van der Waals surface area contributed by atoms with Gasteiger partial charge in [-0.1, -0.05) is 17.7 Å². The Morgan fingerprint density at radius 2 is 2.17 bits per heavy atom. The van der Waals surface area contributed by atoms with E-state index in [0.717, 1.165) is 24.2 Å². The monoisotopic (exact) mass is 343 g/mol. The number of nitrogens with zero attached hydrogens (tertiary/aromatic N) is 3. The van der Waals surface area contributed by atoms with E-state index in [1.54, 1.807) is 11.1 Å². The van der Waals surface area contributed by atoms with Gasteiger partial charge < -0.3 is 9.30 Å². The van der Waals surface area contributed by atoms with Gasteiger partial charge in [0.2, 0.25) is 0 Å². The van der Waals surface area contributed by atoms with Crippen LogP contribution in [0.3, 0.4) is 0 Å². The normalized spacial score (nSPS) is 14.1. The van der Waals surface area contributed by atoms with Crippen LogP contribution in [0.25, 0.3) is 5.65 Å². The van der Waals surface area contributed by atoms with Crippen LogP contribution in [0.1, 0.15) is 28.9 Å². The van der Waals surface area contributed by atoms with Gasteiger partial charge in [-0.2, -0.15) is 0 Å². The first-order valence-corrected chi connectivity index (χ1v) is 8.18. The molecule has 0 spiro atoms. The molecule has 1 saturated carbocycles. The Balaban J connectivity index is 1.66. The molecule has 1 aromatic carbocycles. The highest BCUT2D eigenvalue weighted by molar-refractivity contribution is 6.33. The Bertz CT molecular complexity index is 920. The summed E-state index contributed by atoms with van der Waals surface area (Å²) in [6, 6.07) is 9.86. The van der Waals surface area contributed by atoms with Gasteiger partial charge in [0.15, 0.2) is 0 Å². The predicted molar refractivity (Wildman–Crippen MR) is 89.5 cm³/mol. The first-order valence-electron chi connectivity index (χ1n) is 7.80. The lowest BCUT2D eigenvalue weighted by molar-refractivity contribution is 0.0727. The van der Waals surface area contributed by atoms with Crippen LogP contribution < -0.4 is 0 Å². The van der Waals surface area contributed by atoms with Gasteiger partial charge in [-0.25, -0.2) is 9.37 Å². The molecule has 1 aliphatic rings. The minimum atomic E-state index is -0.448. The molecule has 122 valence electrons. The van der Waals surface area contributed by atoms with Crippen LogP contribution in [-0.4, -0.2) is 26.2 Å². The van der Waals surface area contributed by atoms with Crippen LogP contribution in [0.2, 0.25) is 5.02 Å². The second-order valence-electron chi connectivity index (χ2n) is 5.97. The highest BCUT2D eigenvalue weighted by Crippen LogP contribution is 2.31. The third kappa shape index (κ3) is 2.76. The van der Waals surface area contributed by atoms with Crippen LogP contribution in [-0.2, 0) is 6.54 Å². The van der Waals surface area contributed by atoms with Crippen molar-refractivity contribution in [2.24, 2.45) is 0 Å². The molecule has 0 N–H and O–H groups in total. The summed E-state index contributed by atoms with van der Waals surface area (Å²) in [6.45, 7) is 0.447. The third-order valence-electron chi connectivity index (χ3n) is 4.24. The quantitative estimate of drug-likeness (QED) is 0.719. The number of hydrogen-bond donors (Lipinski definition) is 0. The van der Waals surface area contributed by atoms with E-state index in [1.165, 1.54) is 18.2 Å². The maximum absolute atomic E-state index is 13.2. The molecule has 0 bridgehead atoms. The van der Waals surface area contributed by atoms with Gasteiger partial charge in [-0.05, 0) is 43.2 Å². The molecule has 1 amide bonds. The van der Waals surface area contributed by atoms with Crippen molar-refractivity contribution in [2.75, 3.05) is 0 Å². The largest absolute Gasteiger partial charge is 0.330 e. The number of amides is 1. The van der Waals surface area contributed by atoms with Crippen LogP contribution in [0, 0.1) is 5.82 Å². The molecule has 0 radical (unpaired) electrons. The van der Waals surface area contributed by atoms with Gasteiger partial charge >= 0.3 is 0 Å². The van der Waals surface area contributed by atoms with Crippen LogP contribution >= 0.6 is 11.6 Å². The molecule has 1 aliphatic carbocycles. The third-order valence-corrected chi connectivity index (χ3v) is 4.55. The number of fused-ring (bicyclic) bond motifs is 1. The van der Waals surface area contributed by atoms with Gasteiger partial charge in [0.25, 0.3) is 5.91 Å². The zero-order valence-corrected chi connectivity index (χ0v) is 13.6. The fourth-order valence-electron chi connectivity index (χ4n) is 2.85. The molecule has 1 fully saturated rings. The second-order valence-corrected chi connectivity index (χ2v) is 6.37. The van der Waals surface area contributed by atoms with Crippen molar-refractivity contribution in [3.05, 3.63) is 70.9 Å². The number of benzene rings is 1. The van der Waals surface area contributed by atoms with E-state index in [-0.39, 0.29) is 17.0 Å². The predicted octanol–water partition coefficient (Wildman–Crippen LogP) is 3.93. The minimum absolute atomic E-state index is 0.142. The molecule has 0 unspecified atom stereocenters. The van der Waals surface area contributed by atoms with Crippen molar-refractivity contribution >= 4 is 23.2 Å². The lowest BCUT2D eigenvalue weighted by atomic mass is 10.2. The number of rotatable bonds is 4. The number of imidazole rings is 1. The fourth-order valence-corrected chi connectivity index (χ4v) is 3.10. The summed E-state index contributed by atoms with van der Waals surface area (Å²) < 4.78 is 15.2. The number of carbonyl (C=O) groups excluding carboxylic acids is 1. The summed E-state index contributed by atoms with van der Waals surface area (Å²) in [5, 5.41) is 0.142. The lowest BCUT2D eigenvalue weighted by Crippen LogP contribution is -2.33. The summed E-state index contributed by atoms with van der Waals surface area (Å²) in [7, 11) is 0. The number of pyridine rings is 1. The lowest BCUT2D eigenvalue weighted by Gasteiger charge is -2.23.